The van der Waals surface area contributed by atoms with Crippen molar-refractivity contribution in [3.05, 3.63) is 95.6 Å². The molecule has 0 aliphatic carbocycles. The zero-order valence-electron chi connectivity index (χ0n) is 19.2. The summed E-state index contributed by atoms with van der Waals surface area (Å²) in [4.78, 5) is 12.4. The number of carbonyl (C=O) groups excluding carboxylic acids is 1. The first-order chi connectivity index (χ1) is 16.5. The number of hydrogen-bond acceptors (Lipinski definition) is 5. The van der Waals surface area contributed by atoms with Gasteiger partial charge >= 0.3 is 0 Å². The van der Waals surface area contributed by atoms with Crippen LogP contribution in [0, 0.1) is 0 Å². The molecule has 0 atom stereocenters. The summed E-state index contributed by atoms with van der Waals surface area (Å²) < 4.78 is 38.4. The van der Waals surface area contributed by atoms with Crippen molar-refractivity contribution in [3.63, 3.8) is 0 Å². The van der Waals surface area contributed by atoms with Crippen LogP contribution in [-0.4, -0.2) is 27.5 Å². The minimum atomic E-state index is -3.70. The van der Waals surface area contributed by atoms with E-state index in [1.54, 1.807) is 12.1 Å². The molecule has 3 aromatic carbocycles. The predicted molar refractivity (Wildman–Crippen MR) is 131 cm³/mol. The van der Waals surface area contributed by atoms with E-state index in [0.29, 0.717) is 32.1 Å². The lowest BCUT2D eigenvalue weighted by Crippen LogP contribution is -2.30. The summed E-state index contributed by atoms with van der Waals surface area (Å²) in [6.07, 6.45) is 0.0307. The van der Waals surface area contributed by atoms with Crippen molar-refractivity contribution in [2.45, 2.75) is 38.0 Å². The topological polar surface area (TPSA) is 93.7 Å². The molecule has 0 saturated heterocycles. The van der Waals surface area contributed by atoms with Crippen LogP contribution < -0.4 is 14.8 Å². The number of carbonyl (C=O) groups is 1. The molecule has 0 fully saturated rings. The Labute approximate surface area is 201 Å². The molecule has 8 heteroatoms. The Kier molecular flexibility index (Phi) is 9.63. The van der Waals surface area contributed by atoms with Gasteiger partial charge < -0.3 is 14.8 Å². The fraction of sp³-hybridized carbons (Fsp3) is 0.269. The third-order valence-electron chi connectivity index (χ3n) is 5.05. The summed E-state index contributed by atoms with van der Waals surface area (Å²) in [5.74, 6) is 0.362. The van der Waals surface area contributed by atoms with Crippen LogP contribution in [0.3, 0.4) is 0 Å². The smallest absolute Gasteiger partial charge is 0.240 e. The van der Waals surface area contributed by atoms with E-state index in [-0.39, 0.29) is 23.8 Å². The molecule has 180 valence electrons. The Morgan fingerprint density at radius 3 is 2.24 bits per heavy atom. The van der Waals surface area contributed by atoms with Gasteiger partial charge in [0, 0.05) is 19.5 Å². The highest BCUT2D eigenvalue weighted by Crippen LogP contribution is 2.16. The first kappa shape index (κ1) is 25.4. The van der Waals surface area contributed by atoms with Crippen LogP contribution in [0.15, 0.2) is 83.8 Å². The molecule has 0 saturated carbocycles. The normalized spacial score (nSPS) is 11.2. The minimum absolute atomic E-state index is 0.00319. The highest BCUT2D eigenvalue weighted by Gasteiger charge is 2.14. The lowest BCUT2D eigenvalue weighted by Gasteiger charge is -2.12. The van der Waals surface area contributed by atoms with Crippen LogP contribution in [0.25, 0.3) is 0 Å². The van der Waals surface area contributed by atoms with Gasteiger partial charge in [-0.3, -0.25) is 4.79 Å². The summed E-state index contributed by atoms with van der Waals surface area (Å²) >= 11 is 0. The maximum absolute atomic E-state index is 12.4. The molecule has 1 amide bonds. The summed E-state index contributed by atoms with van der Waals surface area (Å²) in [7, 11) is -3.70. The number of rotatable bonds is 13. The minimum Gasteiger partial charge on any atom is -0.494 e. The zero-order chi connectivity index (χ0) is 24.2. The molecule has 0 aliphatic heterocycles. The molecular weight excluding hydrogens is 452 g/mol. The first-order valence-electron chi connectivity index (χ1n) is 11.2. The third kappa shape index (κ3) is 7.98. The van der Waals surface area contributed by atoms with E-state index in [2.05, 4.69) is 10.0 Å². The quantitative estimate of drug-likeness (QED) is 0.387. The summed E-state index contributed by atoms with van der Waals surface area (Å²) in [5, 5.41) is 2.85. The molecule has 7 nitrogen and oxygen atoms in total. The second kappa shape index (κ2) is 12.9. The van der Waals surface area contributed by atoms with Crippen molar-refractivity contribution in [3.8, 4) is 5.75 Å². The van der Waals surface area contributed by atoms with Crippen molar-refractivity contribution in [1.29, 1.82) is 0 Å². The lowest BCUT2D eigenvalue weighted by atomic mass is 10.1. The molecule has 0 bridgehead atoms. The van der Waals surface area contributed by atoms with Crippen molar-refractivity contribution >= 4 is 15.9 Å². The second-order valence-corrected chi connectivity index (χ2v) is 9.34. The maximum atomic E-state index is 12.4. The molecular formula is C26H30N2O5S. The van der Waals surface area contributed by atoms with Crippen molar-refractivity contribution < 1.29 is 22.7 Å². The molecule has 2 N–H and O–H groups in total. The summed E-state index contributed by atoms with van der Waals surface area (Å²) in [6.45, 7) is 3.65. The van der Waals surface area contributed by atoms with Crippen molar-refractivity contribution in [1.82, 2.24) is 10.0 Å². The number of benzene rings is 3. The SMILES string of the molecule is CCOc1ccc(S(=O)(=O)NCCC(=O)NCc2ccccc2COCc2ccccc2)cc1. The average Bonchev–Trinajstić information content (AvgIpc) is 2.84. The first-order valence-corrected chi connectivity index (χ1v) is 12.6. The molecule has 0 heterocycles. The highest BCUT2D eigenvalue weighted by atomic mass is 32.2. The Hall–Kier alpha value is -3.20. The van der Waals surface area contributed by atoms with Gasteiger partial charge in [-0.25, -0.2) is 13.1 Å². The van der Waals surface area contributed by atoms with Gasteiger partial charge in [-0.15, -0.1) is 0 Å². The average molecular weight is 483 g/mol. The van der Waals surface area contributed by atoms with Gasteiger partial charge in [-0.1, -0.05) is 54.6 Å². The van der Waals surface area contributed by atoms with Gasteiger partial charge in [-0.05, 0) is 47.9 Å². The number of amides is 1. The molecule has 0 spiro atoms. The van der Waals surface area contributed by atoms with Gasteiger partial charge in [0.2, 0.25) is 15.9 Å². The Bertz CT molecular complexity index is 1150. The molecule has 0 aliphatic rings. The lowest BCUT2D eigenvalue weighted by molar-refractivity contribution is -0.121. The summed E-state index contributed by atoms with van der Waals surface area (Å²) in [5.41, 5.74) is 3.05. The van der Waals surface area contributed by atoms with Crippen LogP contribution >= 0.6 is 0 Å². The number of ether oxygens (including phenoxy) is 2. The molecule has 0 unspecified atom stereocenters. The van der Waals surface area contributed by atoms with E-state index in [9.17, 15) is 13.2 Å². The largest absolute Gasteiger partial charge is 0.494 e. The molecule has 34 heavy (non-hydrogen) atoms. The van der Waals surface area contributed by atoms with E-state index in [0.717, 1.165) is 16.7 Å². The van der Waals surface area contributed by atoms with Gasteiger partial charge in [-0.2, -0.15) is 0 Å². The summed E-state index contributed by atoms with van der Waals surface area (Å²) in [6, 6.07) is 23.8. The monoisotopic (exact) mass is 482 g/mol. The fourth-order valence-corrected chi connectivity index (χ4v) is 4.30. The van der Waals surface area contributed by atoms with E-state index in [1.807, 2.05) is 61.5 Å². The zero-order valence-corrected chi connectivity index (χ0v) is 20.0. The Balaban J connectivity index is 1.43. The Morgan fingerprint density at radius 1 is 0.853 bits per heavy atom. The second-order valence-electron chi connectivity index (χ2n) is 7.58. The fourth-order valence-electron chi connectivity index (χ4n) is 3.27. The van der Waals surface area contributed by atoms with Crippen LogP contribution in [0.2, 0.25) is 0 Å². The molecule has 3 rings (SSSR count). The third-order valence-corrected chi connectivity index (χ3v) is 6.53. The van der Waals surface area contributed by atoms with Gasteiger partial charge in [0.1, 0.15) is 5.75 Å². The van der Waals surface area contributed by atoms with Gasteiger partial charge in [0.15, 0.2) is 0 Å². The Morgan fingerprint density at radius 2 is 1.53 bits per heavy atom. The number of sulfonamides is 1. The molecule has 0 radical (unpaired) electrons. The van der Waals surface area contributed by atoms with Crippen LogP contribution in [-0.2, 0) is 39.3 Å². The van der Waals surface area contributed by atoms with E-state index in [1.165, 1.54) is 12.1 Å². The molecule has 0 aromatic heterocycles. The van der Waals surface area contributed by atoms with Crippen LogP contribution in [0.4, 0.5) is 0 Å². The van der Waals surface area contributed by atoms with Gasteiger partial charge in [0.25, 0.3) is 0 Å². The maximum Gasteiger partial charge on any atom is 0.240 e. The van der Waals surface area contributed by atoms with Crippen LogP contribution in [0.1, 0.15) is 30.0 Å². The van der Waals surface area contributed by atoms with E-state index in [4.69, 9.17) is 9.47 Å². The number of hydrogen-bond donors (Lipinski definition) is 2. The van der Waals surface area contributed by atoms with Crippen molar-refractivity contribution in [2.75, 3.05) is 13.2 Å². The predicted octanol–water partition coefficient (Wildman–Crippen LogP) is 3.79. The van der Waals surface area contributed by atoms with Gasteiger partial charge in [0.05, 0.1) is 24.7 Å². The number of nitrogens with one attached hydrogen (secondary N) is 2. The van der Waals surface area contributed by atoms with Crippen molar-refractivity contribution in [2.24, 2.45) is 0 Å². The van der Waals surface area contributed by atoms with Crippen LogP contribution in [0.5, 0.6) is 5.75 Å². The standard InChI is InChI=1S/C26H30N2O5S/c1-2-33-24-12-14-25(15-13-24)34(30,31)28-17-16-26(29)27-18-22-10-6-7-11-23(22)20-32-19-21-8-4-3-5-9-21/h3-15,28H,2,16-20H2,1H3,(H,27,29). The van der Waals surface area contributed by atoms with E-state index < -0.39 is 10.0 Å². The van der Waals surface area contributed by atoms with E-state index >= 15 is 0 Å². The highest BCUT2D eigenvalue weighted by molar-refractivity contribution is 7.89. The molecule has 3 aromatic rings.